The fraction of sp³-hybridized carbons (Fsp3) is 0.875. The maximum Gasteiger partial charge on any atom is 0.218 e. The summed E-state index contributed by atoms with van der Waals surface area (Å²) in [5, 5.41) is 0. The number of nitrogens with two attached hydrogens (primary N) is 2. The third-order valence-corrected chi connectivity index (χ3v) is 1.64. The maximum absolute atomic E-state index is 10.4. The lowest BCUT2D eigenvalue weighted by Gasteiger charge is -2.07. The molecule has 0 aliphatic carbocycles. The minimum Gasteiger partial charge on any atom is -0.370 e. The third-order valence-electron chi connectivity index (χ3n) is 1.64. The summed E-state index contributed by atoms with van der Waals surface area (Å²) < 4.78 is 0. The molecule has 3 nitrogen and oxygen atoms in total. The van der Waals surface area contributed by atoms with Crippen molar-refractivity contribution in [2.45, 2.75) is 45.1 Å². The van der Waals surface area contributed by atoms with Gasteiger partial charge in [0.1, 0.15) is 0 Å². The first-order valence-corrected chi connectivity index (χ1v) is 4.20. The van der Waals surface area contributed by atoms with E-state index in [4.69, 9.17) is 11.5 Å². The van der Waals surface area contributed by atoms with Crippen molar-refractivity contribution in [3.63, 3.8) is 0 Å². The minimum absolute atomic E-state index is 0.0287. The monoisotopic (exact) mass is 158 g/mol. The zero-order chi connectivity index (χ0) is 8.69. The molecule has 4 N–H and O–H groups in total. The lowest BCUT2D eigenvalue weighted by Crippen LogP contribution is -2.27. The first-order valence-electron chi connectivity index (χ1n) is 4.20. The van der Waals surface area contributed by atoms with Gasteiger partial charge in [-0.05, 0) is 6.42 Å². The first-order chi connectivity index (χ1) is 5.16. The highest BCUT2D eigenvalue weighted by molar-refractivity contribution is 5.74. The molecule has 3 heteroatoms. The second kappa shape index (κ2) is 6.16. The van der Waals surface area contributed by atoms with Gasteiger partial charge in [0.2, 0.25) is 5.91 Å². The van der Waals surface area contributed by atoms with Crippen molar-refractivity contribution in [1.29, 1.82) is 0 Å². The predicted octanol–water partition coefficient (Wildman–Crippen LogP) is 0.769. The summed E-state index contributed by atoms with van der Waals surface area (Å²) in [6, 6.07) is -0.0287. The fourth-order valence-electron chi connectivity index (χ4n) is 1.02. The van der Waals surface area contributed by atoms with Gasteiger partial charge in [-0.25, -0.2) is 0 Å². The molecule has 0 aliphatic heterocycles. The molecule has 0 fully saturated rings. The maximum atomic E-state index is 10.4. The summed E-state index contributed by atoms with van der Waals surface area (Å²) in [5.41, 5.74) is 10.6. The van der Waals surface area contributed by atoms with Crippen molar-refractivity contribution in [1.82, 2.24) is 0 Å². The number of carbonyl (C=O) groups excluding carboxylic acids is 1. The van der Waals surface area contributed by atoms with E-state index in [-0.39, 0.29) is 11.9 Å². The summed E-state index contributed by atoms with van der Waals surface area (Å²) >= 11 is 0. The highest BCUT2D eigenvalue weighted by Gasteiger charge is 2.04. The molecule has 66 valence electrons. The standard InChI is InChI=1S/C8H18N2O/c1-2-3-4-5-7(9)6-8(10)11/h7H,2-6,9H2,1H3,(H2,10,11). The Morgan fingerprint density at radius 1 is 1.45 bits per heavy atom. The Morgan fingerprint density at radius 3 is 2.55 bits per heavy atom. The molecule has 0 rings (SSSR count). The van der Waals surface area contributed by atoms with E-state index in [9.17, 15) is 4.79 Å². The van der Waals surface area contributed by atoms with Crippen molar-refractivity contribution < 1.29 is 4.79 Å². The van der Waals surface area contributed by atoms with Crippen LogP contribution in [0.3, 0.4) is 0 Å². The van der Waals surface area contributed by atoms with Gasteiger partial charge in [0, 0.05) is 12.5 Å². The second-order valence-corrected chi connectivity index (χ2v) is 2.93. The molecule has 0 heterocycles. The number of rotatable bonds is 6. The van der Waals surface area contributed by atoms with Crippen molar-refractivity contribution >= 4 is 5.91 Å². The molecule has 0 saturated heterocycles. The number of hydrogen-bond donors (Lipinski definition) is 2. The van der Waals surface area contributed by atoms with Crippen molar-refractivity contribution in [3.05, 3.63) is 0 Å². The van der Waals surface area contributed by atoms with Crippen LogP contribution in [0.4, 0.5) is 0 Å². The number of amides is 1. The van der Waals surface area contributed by atoms with Gasteiger partial charge in [-0.3, -0.25) is 4.79 Å². The van der Waals surface area contributed by atoms with Crippen molar-refractivity contribution in [3.8, 4) is 0 Å². The molecule has 0 radical (unpaired) electrons. The predicted molar refractivity (Wildman–Crippen MR) is 45.9 cm³/mol. The van der Waals surface area contributed by atoms with Gasteiger partial charge < -0.3 is 11.5 Å². The Labute approximate surface area is 68.1 Å². The van der Waals surface area contributed by atoms with Gasteiger partial charge in [0.15, 0.2) is 0 Å². The van der Waals surface area contributed by atoms with E-state index in [1.165, 1.54) is 12.8 Å². The van der Waals surface area contributed by atoms with Crippen LogP contribution in [0, 0.1) is 0 Å². The van der Waals surface area contributed by atoms with E-state index in [0.29, 0.717) is 6.42 Å². The summed E-state index contributed by atoms with van der Waals surface area (Å²) in [4.78, 5) is 10.4. The van der Waals surface area contributed by atoms with E-state index >= 15 is 0 Å². The zero-order valence-corrected chi connectivity index (χ0v) is 7.18. The van der Waals surface area contributed by atoms with Gasteiger partial charge in [-0.1, -0.05) is 26.2 Å². The van der Waals surface area contributed by atoms with E-state index in [2.05, 4.69) is 6.92 Å². The number of unbranched alkanes of at least 4 members (excludes halogenated alkanes) is 2. The highest BCUT2D eigenvalue weighted by Crippen LogP contribution is 2.03. The molecular formula is C8H18N2O. The lowest BCUT2D eigenvalue weighted by atomic mass is 10.1. The third kappa shape index (κ3) is 7.33. The molecular weight excluding hydrogens is 140 g/mol. The highest BCUT2D eigenvalue weighted by atomic mass is 16.1. The van der Waals surface area contributed by atoms with E-state index < -0.39 is 0 Å². The largest absolute Gasteiger partial charge is 0.370 e. The molecule has 0 aromatic rings. The van der Waals surface area contributed by atoms with Crippen LogP contribution in [-0.2, 0) is 4.79 Å². The smallest absolute Gasteiger partial charge is 0.218 e. The van der Waals surface area contributed by atoms with Crippen LogP contribution in [0.5, 0.6) is 0 Å². The Hall–Kier alpha value is -0.570. The first kappa shape index (κ1) is 10.4. The van der Waals surface area contributed by atoms with Crippen LogP contribution in [0.1, 0.15) is 39.0 Å². The average Bonchev–Trinajstić information content (AvgIpc) is 1.86. The quantitative estimate of drug-likeness (QED) is 0.560. The van der Waals surface area contributed by atoms with Crippen LogP contribution < -0.4 is 11.5 Å². The van der Waals surface area contributed by atoms with Crippen molar-refractivity contribution in [2.75, 3.05) is 0 Å². The van der Waals surface area contributed by atoms with Crippen molar-refractivity contribution in [2.24, 2.45) is 11.5 Å². The van der Waals surface area contributed by atoms with Gasteiger partial charge >= 0.3 is 0 Å². The molecule has 1 amide bonds. The normalized spacial score (nSPS) is 12.9. The van der Waals surface area contributed by atoms with E-state index in [1.54, 1.807) is 0 Å². The second-order valence-electron chi connectivity index (χ2n) is 2.93. The molecule has 0 spiro atoms. The lowest BCUT2D eigenvalue weighted by molar-refractivity contribution is -0.118. The van der Waals surface area contributed by atoms with E-state index in [1.807, 2.05) is 0 Å². The summed E-state index contributed by atoms with van der Waals surface area (Å²) in [5.74, 6) is -0.297. The number of carbonyl (C=O) groups is 1. The SMILES string of the molecule is CCCCCC(N)CC(N)=O. The summed E-state index contributed by atoms with van der Waals surface area (Å²) in [6.07, 6.45) is 4.71. The molecule has 0 saturated carbocycles. The van der Waals surface area contributed by atoms with Crippen LogP contribution in [0.15, 0.2) is 0 Å². The van der Waals surface area contributed by atoms with Crippen LogP contribution in [0.2, 0.25) is 0 Å². The Bertz CT molecular complexity index is 115. The Morgan fingerprint density at radius 2 is 2.09 bits per heavy atom. The topological polar surface area (TPSA) is 69.1 Å². The molecule has 1 atom stereocenters. The number of hydrogen-bond acceptors (Lipinski definition) is 2. The average molecular weight is 158 g/mol. The molecule has 0 aromatic carbocycles. The van der Waals surface area contributed by atoms with Gasteiger partial charge in [0.25, 0.3) is 0 Å². The molecule has 0 bridgehead atoms. The zero-order valence-electron chi connectivity index (χ0n) is 7.18. The van der Waals surface area contributed by atoms with Crippen LogP contribution >= 0.6 is 0 Å². The molecule has 0 aromatic heterocycles. The van der Waals surface area contributed by atoms with Crippen LogP contribution in [0.25, 0.3) is 0 Å². The molecule has 11 heavy (non-hydrogen) atoms. The Balaban J connectivity index is 3.22. The summed E-state index contributed by atoms with van der Waals surface area (Å²) in [6.45, 7) is 2.14. The minimum atomic E-state index is -0.297. The summed E-state index contributed by atoms with van der Waals surface area (Å²) in [7, 11) is 0. The molecule has 1 unspecified atom stereocenters. The van der Waals surface area contributed by atoms with Crippen LogP contribution in [-0.4, -0.2) is 11.9 Å². The van der Waals surface area contributed by atoms with Gasteiger partial charge in [0.05, 0.1) is 0 Å². The fourth-order valence-corrected chi connectivity index (χ4v) is 1.02. The molecule has 0 aliphatic rings. The number of primary amides is 1. The Kier molecular flexibility index (Phi) is 5.84. The van der Waals surface area contributed by atoms with E-state index in [0.717, 1.165) is 12.8 Å². The van der Waals surface area contributed by atoms with Gasteiger partial charge in [-0.2, -0.15) is 0 Å². The van der Waals surface area contributed by atoms with Gasteiger partial charge in [-0.15, -0.1) is 0 Å².